The summed E-state index contributed by atoms with van der Waals surface area (Å²) in [6.45, 7) is 1.54. The normalized spacial score (nSPS) is 15.2. The fraction of sp³-hybridized carbons (Fsp3) is 0.684. The number of aliphatic hydroxyl groups excluding tert-OH is 1. The molecular formula is C19H34N6O9. The van der Waals surface area contributed by atoms with Crippen molar-refractivity contribution in [2.45, 2.75) is 75.7 Å². The summed E-state index contributed by atoms with van der Waals surface area (Å²) in [7, 11) is 0. The third kappa shape index (κ3) is 12.1. The van der Waals surface area contributed by atoms with E-state index >= 15 is 0 Å². The number of rotatable bonds is 17. The van der Waals surface area contributed by atoms with E-state index in [0.717, 1.165) is 6.92 Å². The van der Waals surface area contributed by atoms with Crippen LogP contribution in [0.1, 0.15) is 45.4 Å². The largest absolute Gasteiger partial charge is 0.481 e. The molecule has 34 heavy (non-hydrogen) atoms. The Morgan fingerprint density at radius 1 is 0.853 bits per heavy atom. The zero-order valence-electron chi connectivity index (χ0n) is 18.9. The van der Waals surface area contributed by atoms with Crippen molar-refractivity contribution in [3.63, 3.8) is 0 Å². The van der Waals surface area contributed by atoms with Gasteiger partial charge in [0, 0.05) is 6.42 Å². The lowest BCUT2D eigenvalue weighted by Crippen LogP contribution is -2.60. The van der Waals surface area contributed by atoms with Crippen molar-refractivity contribution < 1.29 is 44.1 Å². The highest BCUT2D eigenvalue weighted by Gasteiger charge is 2.33. The number of carbonyl (C=O) groups excluding carboxylic acids is 4. The van der Waals surface area contributed by atoms with Gasteiger partial charge in [0.25, 0.3) is 0 Å². The summed E-state index contributed by atoms with van der Waals surface area (Å²) in [5.74, 6) is -6.75. The molecule has 0 saturated heterocycles. The Morgan fingerprint density at radius 3 is 1.91 bits per heavy atom. The van der Waals surface area contributed by atoms with Crippen LogP contribution in [0.15, 0.2) is 0 Å². The van der Waals surface area contributed by atoms with Crippen LogP contribution >= 0.6 is 0 Å². The van der Waals surface area contributed by atoms with Gasteiger partial charge in [-0.2, -0.15) is 0 Å². The van der Waals surface area contributed by atoms with E-state index in [2.05, 4.69) is 10.6 Å². The summed E-state index contributed by atoms with van der Waals surface area (Å²) in [4.78, 5) is 70.7. The molecule has 0 rings (SSSR count). The molecule has 0 spiro atoms. The maximum atomic E-state index is 12.8. The third-order valence-electron chi connectivity index (χ3n) is 4.67. The molecule has 0 bridgehead atoms. The van der Waals surface area contributed by atoms with Crippen LogP contribution in [0.3, 0.4) is 0 Å². The van der Waals surface area contributed by atoms with Crippen molar-refractivity contribution in [1.29, 1.82) is 0 Å². The maximum absolute atomic E-state index is 12.8. The SMILES string of the molecule is CC(O)C(NC(=O)C(CCC(N)=O)NC(=O)C(N)CCCCN)C(=O)NC(CC(=O)O)C(=O)O. The summed E-state index contributed by atoms with van der Waals surface area (Å²) >= 11 is 0. The molecule has 0 saturated carbocycles. The van der Waals surface area contributed by atoms with E-state index in [0.29, 0.717) is 19.4 Å². The molecule has 0 aromatic carbocycles. The average molecular weight is 491 g/mol. The first-order valence-electron chi connectivity index (χ1n) is 10.6. The molecule has 5 unspecified atom stereocenters. The van der Waals surface area contributed by atoms with Gasteiger partial charge in [-0.05, 0) is 32.7 Å². The average Bonchev–Trinajstić information content (AvgIpc) is 2.73. The van der Waals surface area contributed by atoms with E-state index in [1.165, 1.54) is 0 Å². The number of amides is 4. The number of aliphatic carboxylic acids is 2. The van der Waals surface area contributed by atoms with E-state index in [4.69, 9.17) is 27.4 Å². The van der Waals surface area contributed by atoms with E-state index in [1.54, 1.807) is 0 Å². The van der Waals surface area contributed by atoms with Gasteiger partial charge in [-0.3, -0.25) is 24.0 Å². The first-order chi connectivity index (χ1) is 15.8. The minimum Gasteiger partial charge on any atom is -0.481 e. The maximum Gasteiger partial charge on any atom is 0.326 e. The molecule has 4 amide bonds. The minimum atomic E-state index is -1.82. The monoisotopic (exact) mass is 490 g/mol. The smallest absolute Gasteiger partial charge is 0.326 e. The Bertz CT molecular complexity index is 746. The number of nitrogens with two attached hydrogens (primary N) is 3. The van der Waals surface area contributed by atoms with E-state index in [-0.39, 0.29) is 19.3 Å². The zero-order chi connectivity index (χ0) is 26.4. The Balaban J connectivity index is 5.43. The number of carboxylic acid groups (broad SMARTS) is 2. The topological polar surface area (TPSA) is 277 Å². The van der Waals surface area contributed by atoms with Crippen LogP contribution in [0.25, 0.3) is 0 Å². The molecule has 15 nitrogen and oxygen atoms in total. The highest BCUT2D eigenvalue weighted by atomic mass is 16.4. The summed E-state index contributed by atoms with van der Waals surface area (Å²) in [6.07, 6.45) is -1.54. The van der Waals surface area contributed by atoms with Crippen molar-refractivity contribution in [2.24, 2.45) is 17.2 Å². The molecule has 0 heterocycles. The Kier molecular flexibility index (Phi) is 14.0. The number of nitrogens with one attached hydrogen (secondary N) is 3. The van der Waals surface area contributed by atoms with Gasteiger partial charge in [0.2, 0.25) is 23.6 Å². The number of primary amides is 1. The second kappa shape index (κ2) is 15.5. The minimum absolute atomic E-state index is 0.243. The predicted molar refractivity (Wildman–Crippen MR) is 117 cm³/mol. The number of hydrogen-bond donors (Lipinski definition) is 9. The van der Waals surface area contributed by atoms with Crippen LogP contribution in [0.5, 0.6) is 0 Å². The van der Waals surface area contributed by atoms with Crippen LogP contribution in [0.4, 0.5) is 0 Å². The number of aliphatic hydroxyl groups is 1. The molecule has 0 aromatic rings. The number of carbonyl (C=O) groups is 6. The highest BCUT2D eigenvalue weighted by Crippen LogP contribution is 2.05. The lowest BCUT2D eigenvalue weighted by atomic mass is 10.1. The summed E-state index contributed by atoms with van der Waals surface area (Å²) in [5.41, 5.74) is 16.3. The summed E-state index contributed by atoms with van der Waals surface area (Å²) < 4.78 is 0. The zero-order valence-corrected chi connectivity index (χ0v) is 18.9. The Morgan fingerprint density at radius 2 is 1.44 bits per heavy atom. The third-order valence-corrected chi connectivity index (χ3v) is 4.67. The van der Waals surface area contributed by atoms with Gasteiger partial charge in [0.05, 0.1) is 18.6 Å². The van der Waals surface area contributed by atoms with Crippen molar-refractivity contribution >= 4 is 35.6 Å². The van der Waals surface area contributed by atoms with Crippen molar-refractivity contribution in [1.82, 2.24) is 16.0 Å². The van der Waals surface area contributed by atoms with Gasteiger partial charge in [-0.1, -0.05) is 6.42 Å². The number of hydrogen-bond acceptors (Lipinski definition) is 9. The van der Waals surface area contributed by atoms with Crippen LogP contribution < -0.4 is 33.2 Å². The first kappa shape index (κ1) is 30.7. The Hall–Kier alpha value is -3.30. The van der Waals surface area contributed by atoms with Crippen molar-refractivity contribution in [2.75, 3.05) is 6.54 Å². The quantitative estimate of drug-likeness (QED) is 0.0888. The van der Waals surface area contributed by atoms with E-state index in [1.807, 2.05) is 5.32 Å². The molecule has 0 fully saturated rings. The van der Waals surface area contributed by atoms with Crippen molar-refractivity contribution in [3.8, 4) is 0 Å². The molecule has 0 aromatic heterocycles. The van der Waals surface area contributed by atoms with Crippen LogP contribution in [0.2, 0.25) is 0 Å². The number of unbranched alkanes of at least 4 members (excludes halogenated alkanes) is 1. The molecule has 0 aliphatic heterocycles. The molecule has 12 N–H and O–H groups in total. The molecule has 0 aliphatic rings. The highest BCUT2D eigenvalue weighted by molar-refractivity contribution is 5.95. The summed E-state index contributed by atoms with van der Waals surface area (Å²) in [6, 6.07) is -5.85. The second-order valence-electron chi connectivity index (χ2n) is 7.68. The fourth-order valence-corrected chi connectivity index (χ4v) is 2.77. The standard InChI is InChI=1S/C19H34N6O9/c1-9(26)15(18(32)24-12(19(33)34)8-14(28)29)25-17(31)11(5-6-13(22)27)23-16(30)10(21)4-2-3-7-20/h9-12,15,26H,2-8,20-21H2,1H3,(H2,22,27)(H,23,30)(H,24,32)(H,25,31)(H,28,29)(H,33,34). The molecular weight excluding hydrogens is 456 g/mol. The lowest BCUT2D eigenvalue weighted by Gasteiger charge is -2.26. The van der Waals surface area contributed by atoms with E-state index in [9.17, 15) is 33.9 Å². The van der Waals surface area contributed by atoms with Gasteiger partial charge in [-0.15, -0.1) is 0 Å². The second-order valence-corrected chi connectivity index (χ2v) is 7.68. The molecule has 0 radical (unpaired) electrons. The fourth-order valence-electron chi connectivity index (χ4n) is 2.77. The van der Waals surface area contributed by atoms with Crippen LogP contribution in [-0.4, -0.2) is 87.7 Å². The Labute approximate surface area is 195 Å². The molecule has 0 aliphatic carbocycles. The van der Waals surface area contributed by atoms with Crippen LogP contribution in [0, 0.1) is 0 Å². The number of carboxylic acids is 2. The van der Waals surface area contributed by atoms with Gasteiger partial charge >= 0.3 is 11.9 Å². The van der Waals surface area contributed by atoms with Gasteiger partial charge in [-0.25, -0.2) is 4.79 Å². The molecule has 5 atom stereocenters. The van der Waals surface area contributed by atoms with Crippen molar-refractivity contribution in [3.05, 3.63) is 0 Å². The van der Waals surface area contributed by atoms with Gasteiger partial charge < -0.3 is 48.5 Å². The molecule has 194 valence electrons. The van der Waals surface area contributed by atoms with E-state index < -0.39 is 72.3 Å². The van der Waals surface area contributed by atoms with Crippen LogP contribution in [-0.2, 0) is 28.8 Å². The summed E-state index contributed by atoms with van der Waals surface area (Å²) in [5, 5.41) is 34.2. The van der Waals surface area contributed by atoms with Gasteiger partial charge in [0.15, 0.2) is 0 Å². The lowest BCUT2D eigenvalue weighted by molar-refractivity contribution is -0.148. The van der Waals surface area contributed by atoms with Gasteiger partial charge in [0.1, 0.15) is 18.1 Å². The first-order valence-corrected chi connectivity index (χ1v) is 10.6. The molecule has 15 heteroatoms. The predicted octanol–water partition coefficient (Wildman–Crippen LogP) is -3.90.